The van der Waals surface area contributed by atoms with E-state index in [1.807, 2.05) is 6.92 Å². The highest BCUT2D eigenvalue weighted by Gasteiger charge is 2.19. The van der Waals surface area contributed by atoms with Gasteiger partial charge in [0.05, 0.1) is 11.9 Å². The standard InChI is InChI=1S/C20H26N2O5S/c1-6-7-12(2)17-11-14(4)18(20(24)27-17)19(23)21-15-8-9-16(13(3)10-15)22-28(5,25)26/h8-12,22H,6-7H2,1-5H3,(H,21,23). The molecular weight excluding hydrogens is 380 g/mol. The van der Waals surface area contributed by atoms with Crippen molar-refractivity contribution in [2.45, 2.75) is 46.5 Å². The lowest BCUT2D eigenvalue weighted by atomic mass is 10.0. The summed E-state index contributed by atoms with van der Waals surface area (Å²) in [6.07, 6.45) is 2.92. The molecule has 152 valence electrons. The molecule has 0 spiro atoms. The van der Waals surface area contributed by atoms with Gasteiger partial charge in [0.15, 0.2) is 0 Å². The maximum atomic E-state index is 12.6. The zero-order valence-electron chi connectivity index (χ0n) is 16.8. The summed E-state index contributed by atoms with van der Waals surface area (Å²) in [5, 5.41) is 2.67. The molecule has 1 unspecified atom stereocenters. The van der Waals surface area contributed by atoms with Gasteiger partial charge in [0.25, 0.3) is 5.91 Å². The Kier molecular flexibility index (Phi) is 6.66. The number of sulfonamides is 1. The van der Waals surface area contributed by atoms with Gasteiger partial charge < -0.3 is 9.73 Å². The Morgan fingerprint density at radius 3 is 2.39 bits per heavy atom. The largest absolute Gasteiger partial charge is 0.427 e. The Morgan fingerprint density at radius 1 is 1.18 bits per heavy atom. The summed E-state index contributed by atoms with van der Waals surface area (Å²) in [5.74, 6) is 0.114. The zero-order valence-corrected chi connectivity index (χ0v) is 17.6. The predicted octanol–water partition coefficient (Wildman–Crippen LogP) is 3.78. The Balaban J connectivity index is 2.26. The number of hydrogen-bond donors (Lipinski definition) is 2. The molecule has 0 bridgehead atoms. The first-order valence-corrected chi connectivity index (χ1v) is 11.0. The summed E-state index contributed by atoms with van der Waals surface area (Å²) in [5.41, 5.74) is 1.36. The van der Waals surface area contributed by atoms with Gasteiger partial charge in [0, 0.05) is 11.6 Å². The monoisotopic (exact) mass is 406 g/mol. The molecule has 7 nitrogen and oxygen atoms in total. The van der Waals surface area contributed by atoms with Crippen LogP contribution in [0.15, 0.2) is 33.5 Å². The number of nitrogens with one attached hydrogen (secondary N) is 2. The van der Waals surface area contributed by atoms with E-state index in [-0.39, 0.29) is 11.5 Å². The van der Waals surface area contributed by atoms with Crippen LogP contribution in [-0.4, -0.2) is 20.6 Å². The summed E-state index contributed by atoms with van der Waals surface area (Å²) >= 11 is 0. The number of aryl methyl sites for hydroxylation is 2. The fraction of sp³-hybridized carbons (Fsp3) is 0.400. The second kappa shape index (κ2) is 8.60. The van der Waals surface area contributed by atoms with E-state index in [2.05, 4.69) is 17.0 Å². The van der Waals surface area contributed by atoms with Gasteiger partial charge in [-0.05, 0) is 55.7 Å². The molecule has 0 aliphatic carbocycles. The number of anilines is 2. The minimum atomic E-state index is -3.40. The highest BCUT2D eigenvalue weighted by Crippen LogP contribution is 2.23. The first-order chi connectivity index (χ1) is 13.0. The Labute approximate surface area is 165 Å². The number of carbonyl (C=O) groups excluding carboxylic acids is 1. The fourth-order valence-electron chi connectivity index (χ4n) is 2.97. The van der Waals surface area contributed by atoms with Crippen LogP contribution in [-0.2, 0) is 10.0 Å². The number of amides is 1. The molecule has 0 aliphatic rings. The summed E-state index contributed by atoms with van der Waals surface area (Å²) in [4.78, 5) is 25.0. The van der Waals surface area contributed by atoms with E-state index in [1.54, 1.807) is 38.1 Å². The van der Waals surface area contributed by atoms with Crippen molar-refractivity contribution in [1.29, 1.82) is 0 Å². The van der Waals surface area contributed by atoms with Gasteiger partial charge in [-0.1, -0.05) is 20.3 Å². The minimum absolute atomic E-state index is 0.0385. The fourth-order valence-corrected chi connectivity index (χ4v) is 3.60. The van der Waals surface area contributed by atoms with E-state index in [9.17, 15) is 18.0 Å². The van der Waals surface area contributed by atoms with Gasteiger partial charge in [0.2, 0.25) is 10.0 Å². The van der Waals surface area contributed by atoms with Crippen molar-refractivity contribution in [3.05, 3.63) is 57.1 Å². The second-order valence-corrected chi connectivity index (χ2v) is 8.79. The van der Waals surface area contributed by atoms with Gasteiger partial charge in [-0.25, -0.2) is 13.2 Å². The highest BCUT2D eigenvalue weighted by atomic mass is 32.2. The van der Waals surface area contributed by atoms with Gasteiger partial charge >= 0.3 is 5.63 Å². The first kappa shape index (κ1) is 21.7. The molecule has 0 saturated heterocycles. The van der Waals surface area contributed by atoms with Crippen LogP contribution < -0.4 is 15.7 Å². The molecule has 8 heteroatoms. The number of rotatable bonds is 7. The van der Waals surface area contributed by atoms with E-state index in [0.717, 1.165) is 19.1 Å². The summed E-state index contributed by atoms with van der Waals surface area (Å²) in [6.45, 7) is 7.46. The summed E-state index contributed by atoms with van der Waals surface area (Å²) in [6, 6.07) is 6.48. The molecule has 1 aromatic carbocycles. The topological polar surface area (TPSA) is 105 Å². The van der Waals surface area contributed by atoms with Gasteiger partial charge in [-0.15, -0.1) is 0 Å². The maximum Gasteiger partial charge on any atom is 0.349 e. The molecule has 0 saturated carbocycles. The predicted molar refractivity (Wildman–Crippen MR) is 111 cm³/mol. The van der Waals surface area contributed by atoms with Crippen LogP contribution in [0.4, 0.5) is 11.4 Å². The van der Waals surface area contributed by atoms with Crippen molar-refractivity contribution in [2.75, 3.05) is 16.3 Å². The second-order valence-electron chi connectivity index (χ2n) is 7.04. The van der Waals surface area contributed by atoms with Crippen molar-refractivity contribution >= 4 is 27.3 Å². The van der Waals surface area contributed by atoms with Crippen LogP contribution in [0.1, 0.15) is 59.9 Å². The highest BCUT2D eigenvalue weighted by molar-refractivity contribution is 7.92. The first-order valence-electron chi connectivity index (χ1n) is 9.06. The lowest BCUT2D eigenvalue weighted by Gasteiger charge is -2.13. The van der Waals surface area contributed by atoms with Gasteiger partial charge in [-0.2, -0.15) is 0 Å². The normalized spacial score (nSPS) is 12.5. The van der Waals surface area contributed by atoms with E-state index in [4.69, 9.17) is 4.42 Å². The molecule has 2 rings (SSSR count). The maximum absolute atomic E-state index is 12.6. The Hall–Kier alpha value is -2.61. The van der Waals surface area contributed by atoms with Crippen LogP contribution in [0.5, 0.6) is 0 Å². The average Bonchev–Trinajstić information content (AvgIpc) is 2.55. The molecule has 1 aromatic heterocycles. The van der Waals surface area contributed by atoms with Crippen LogP contribution in [0, 0.1) is 13.8 Å². The number of carbonyl (C=O) groups is 1. The molecule has 2 N–H and O–H groups in total. The van der Waals surface area contributed by atoms with Crippen molar-refractivity contribution < 1.29 is 17.6 Å². The zero-order chi connectivity index (χ0) is 21.1. The minimum Gasteiger partial charge on any atom is -0.427 e. The molecule has 28 heavy (non-hydrogen) atoms. The third-order valence-corrected chi connectivity index (χ3v) is 4.97. The van der Waals surface area contributed by atoms with Crippen LogP contribution in [0.3, 0.4) is 0 Å². The van der Waals surface area contributed by atoms with E-state index in [0.29, 0.717) is 28.3 Å². The SMILES string of the molecule is CCCC(C)c1cc(C)c(C(=O)Nc2ccc(NS(C)(=O)=O)c(C)c2)c(=O)o1. The third kappa shape index (κ3) is 5.45. The van der Waals surface area contributed by atoms with E-state index < -0.39 is 21.6 Å². The molecule has 1 amide bonds. The van der Waals surface area contributed by atoms with Gasteiger partial charge in [0.1, 0.15) is 11.3 Å². The molecular formula is C20H26N2O5S. The smallest absolute Gasteiger partial charge is 0.349 e. The van der Waals surface area contributed by atoms with Crippen LogP contribution in [0.25, 0.3) is 0 Å². The Morgan fingerprint density at radius 2 is 1.86 bits per heavy atom. The summed E-state index contributed by atoms with van der Waals surface area (Å²) < 4.78 is 30.5. The van der Waals surface area contributed by atoms with Crippen molar-refractivity contribution in [2.24, 2.45) is 0 Å². The van der Waals surface area contributed by atoms with E-state index >= 15 is 0 Å². The van der Waals surface area contributed by atoms with E-state index in [1.165, 1.54) is 0 Å². The molecule has 0 aliphatic heterocycles. The molecule has 2 aromatic rings. The molecule has 1 atom stereocenters. The Bertz CT molecular complexity index is 1040. The van der Waals surface area contributed by atoms with Crippen molar-refractivity contribution in [1.82, 2.24) is 0 Å². The van der Waals surface area contributed by atoms with Crippen molar-refractivity contribution in [3.63, 3.8) is 0 Å². The lowest BCUT2D eigenvalue weighted by Crippen LogP contribution is -2.23. The molecule has 0 radical (unpaired) electrons. The average molecular weight is 407 g/mol. The van der Waals surface area contributed by atoms with Crippen molar-refractivity contribution in [3.8, 4) is 0 Å². The number of benzene rings is 1. The number of hydrogen-bond acceptors (Lipinski definition) is 5. The van der Waals surface area contributed by atoms with Crippen LogP contribution >= 0.6 is 0 Å². The lowest BCUT2D eigenvalue weighted by molar-refractivity contribution is 0.102. The summed E-state index contributed by atoms with van der Waals surface area (Å²) in [7, 11) is -3.40. The van der Waals surface area contributed by atoms with Gasteiger partial charge in [-0.3, -0.25) is 9.52 Å². The quantitative estimate of drug-likeness (QED) is 0.728. The molecule has 1 heterocycles. The third-order valence-electron chi connectivity index (χ3n) is 4.38. The molecule has 0 fully saturated rings. The van der Waals surface area contributed by atoms with Crippen LogP contribution in [0.2, 0.25) is 0 Å².